The van der Waals surface area contributed by atoms with E-state index in [9.17, 15) is 0 Å². The molecule has 0 unspecified atom stereocenters. The van der Waals surface area contributed by atoms with Gasteiger partial charge in [0.05, 0.1) is 6.20 Å². The molecular weight excluding hydrogens is 218 g/mol. The summed E-state index contributed by atoms with van der Waals surface area (Å²) in [7, 11) is 0. The van der Waals surface area contributed by atoms with E-state index in [0.717, 1.165) is 13.1 Å². The van der Waals surface area contributed by atoms with Crippen LogP contribution in [0, 0.1) is 0 Å². The predicted octanol–water partition coefficient (Wildman–Crippen LogP) is 2.82. The van der Waals surface area contributed by atoms with Crippen molar-refractivity contribution in [1.29, 1.82) is 0 Å². The van der Waals surface area contributed by atoms with Gasteiger partial charge in [-0.15, -0.1) is 11.3 Å². The molecule has 0 aliphatic rings. The van der Waals surface area contributed by atoms with E-state index in [1.165, 1.54) is 10.4 Å². The quantitative estimate of drug-likeness (QED) is 0.863. The van der Waals surface area contributed by atoms with Crippen molar-refractivity contribution in [3.05, 3.63) is 40.3 Å². The number of hydrogen-bond acceptors (Lipinski definition) is 3. The lowest BCUT2D eigenvalue weighted by molar-refractivity contribution is 0.582. The fraction of sp³-hybridized carbons (Fsp3) is 0.417. The fourth-order valence-electron chi connectivity index (χ4n) is 1.58. The normalized spacial score (nSPS) is 12.9. The maximum atomic E-state index is 4.25. The molecule has 0 aromatic carbocycles. The average Bonchev–Trinajstić information content (AvgIpc) is 2.96. The molecule has 2 aromatic heterocycles. The van der Waals surface area contributed by atoms with E-state index in [1.54, 1.807) is 11.3 Å². The zero-order chi connectivity index (χ0) is 11.4. The van der Waals surface area contributed by atoms with Crippen molar-refractivity contribution in [2.45, 2.75) is 33.0 Å². The van der Waals surface area contributed by atoms with Crippen LogP contribution in [0.4, 0.5) is 0 Å². The van der Waals surface area contributed by atoms with Gasteiger partial charge in [-0.2, -0.15) is 5.10 Å². The number of hydrogen-bond donors (Lipinski definition) is 1. The number of aryl methyl sites for hydroxylation is 1. The van der Waals surface area contributed by atoms with E-state index in [1.807, 2.05) is 10.9 Å². The van der Waals surface area contributed by atoms with Gasteiger partial charge in [0.2, 0.25) is 0 Å². The third-order valence-corrected chi connectivity index (χ3v) is 3.65. The Kier molecular flexibility index (Phi) is 3.74. The molecule has 0 saturated heterocycles. The lowest BCUT2D eigenvalue weighted by atomic mass is 10.2. The fourth-order valence-corrected chi connectivity index (χ4v) is 2.34. The van der Waals surface area contributed by atoms with Crippen molar-refractivity contribution >= 4 is 11.3 Å². The summed E-state index contributed by atoms with van der Waals surface area (Å²) in [6.45, 7) is 6.09. The second-order valence-electron chi connectivity index (χ2n) is 3.82. The van der Waals surface area contributed by atoms with Crippen LogP contribution in [0.1, 0.15) is 30.3 Å². The molecular formula is C12H17N3S. The highest BCUT2D eigenvalue weighted by Gasteiger charge is 2.05. The van der Waals surface area contributed by atoms with Crippen molar-refractivity contribution in [1.82, 2.24) is 15.1 Å². The average molecular weight is 235 g/mol. The summed E-state index contributed by atoms with van der Waals surface area (Å²) in [4.78, 5) is 1.38. The van der Waals surface area contributed by atoms with Crippen LogP contribution >= 0.6 is 11.3 Å². The second-order valence-corrected chi connectivity index (χ2v) is 4.80. The predicted molar refractivity (Wildman–Crippen MR) is 67.5 cm³/mol. The Morgan fingerprint density at radius 2 is 2.44 bits per heavy atom. The Bertz CT molecular complexity index is 419. The van der Waals surface area contributed by atoms with Gasteiger partial charge < -0.3 is 5.32 Å². The second kappa shape index (κ2) is 5.27. The Balaban J connectivity index is 1.87. The van der Waals surface area contributed by atoms with Gasteiger partial charge in [0.15, 0.2) is 0 Å². The van der Waals surface area contributed by atoms with Gasteiger partial charge in [0, 0.05) is 35.8 Å². The molecule has 0 fully saturated rings. The van der Waals surface area contributed by atoms with Crippen LogP contribution in [0.5, 0.6) is 0 Å². The third-order valence-electron chi connectivity index (χ3n) is 2.59. The number of aromatic nitrogens is 2. The highest BCUT2D eigenvalue weighted by Crippen LogP contribution is 2.18. The van der Waals surface area contributed by atoms with E-state index in [2.05, 4.69) is 48.0 Å². The summed E-state index contributed by atoms with van der Waals surface area (Å²) >= 11 is 1.79. The number of thiophene rings is 1. The van der Waals surface area contributed by atoms with E-state index < -0.39 is 0 Å². The van der Waals surface area contributed by atoms with E-state index in [-0.39, 0.29) is 0 Å². The summed E-state index contributed by atoms with van der Waals surface area (Å²) in [5.41, 5.74) is 1.24. The van der Waals surface area contributed by atoms with Crippen LogP contribution < -0.4 is 5.32 Å². The lowest BCUT2D eigenvalue weighted by Gasteiger charge is -2.10. The van der Waals surface area contributed by atoms with Gasteiger partial charge in [-0.05, 0) is 25.3 Å². The van der Waals surface area contributed by atoms with Crippen LogP contribution in [0.2, 0.25) is 0 Å². The molecule has 2 rings (SSSR count). The smallest absolute Gasteiger partial charge is 0.0534 e. The van der Waals surface area contributed by atoms with Gasteiger partial charge in [-0.25, -0.2) is 0 Å². The molecule has 0 spiro atoms. The van der Waals surface area contributed by atoms with Crippen molar-refractivity contribution < 1.29 is 0 Å². The molecule has 86 valence electrons. The molecule has 0 bridgehead atoms. The Hall–Kier alpha value is -1.13. The van der Waals surface area contributed by atoms with Gasteiger partial charge >= 0.3 is 0 Å². The van der Waals surface area contributed by atoms with Crippen LogP contribution in [0.15, 0.2) is 29.9 Å². The summed E-state index contributed by atoms with van der Waals surface area (Å²) in [5.74, 6) is 0. The number of rotatable bonds is 5. The van der Waals surface area contributed by atoms with Crippen LogP contribution in [0.3, 0.4) is 0 Å². The SMILES string of the molecule is CCn1cc(CN[C@H](C)c2cccs2)cn1. The van der Waals surface area contributed by atoms with Gasteiger partial charge in [0.25, 0.3) is 0 Å². The largest absolute Gasteiger partial charge is 0.305 e. The third kappa shape index (κ3) is 2.71. The summed E-state index contributed by atoms with van der Waals surface area (Å²) in [6.07, 6.45) is 4.02. The van der Waals surface area contributed by atoms with Gasteiger partial charge in [0.1, 0.15) is 0 Å². The summed E-state index contributed by atoms with van der Waals surface area (Å²) < 4.78 is 1.95. The Morgan fingerprint density at radius 1 is 1.56 bits per heavy atom. The molecule has 16 heavy (non-hydrogen) atoms. The molecule has 3 nitrogen and oxygen atoms in total. The number of nitrogens with one attached hydrogen (secondary N) is 1. The summed E-state index contributed by atoms with van der Waals surface area (Å²) in [5, 5.41) is 9.86. The molecule has 2 aromatic rings. The van der Waals surface area contributed by atoms with Crippen LogP contribution in [-0.2, 0) is 13.1 Å². The molecule has 1 atom stereocenters. The topological polar surface area (TPSA) is 29.9 Å². The first-order valence-corrected chi connectivity index (χ1v) is 6.45. The zero-order valence-electron chi connectivity index (χ0n) is 9.68. The van der Waals surface area contributed by atoms with E-state index >= 15 is 0 Å². The first-order chi connectivity index (χ1) is 7.79. The van der Waals surface area contributed by atoms with Crippen molar-refractivity contribution in [2.24, 2.45) is 0 Å². The monoisotopic (exact) mass is 235 g/mol. The molecule has 0 aliphatic carbocycles. The van der Waals surface area contributed by atoms with Gasteiger partial charge in [-0.3, -0.25) is 4.68 Å². The van der Waals surface area contributed by atoms with Gasteiger partial charge in [-0.1, -0.05) is 6.07 Å². The Morgan fingerprint density at radius 3 is 3.06 bits per heavy atom. The Labute approximate surface area is 100 Å². The molecule has 0 amide bonds. The highest BCUT2D eigenvalue weighted by atomic mass is 32.1. The molecule has 0 saturated carbocycles. The molecule has 0 radical (unpaired) electrons. The maximum Gasteiger partial charge on any atom is 0.0534 e. The molecule has 0 aliphatic heterocycles. The standard InChI is InChI=1S/C12H17N3S/c1-3-15-9-11(8-14-15)7-13-10(2)12-5-4-6-16-12/h4-6,8-10,13H,3,7H2,1-2H3/t10-/m1/s1. The maximum absolute atomic E-state index is 4.25. The first kappa shape index (κ1) is 11.4. The minimum absolute atomic E-state index is 0.407. The molecule has 1 N–H and O–H groups in total. The summed E-state index contributed by atoms with van der Waals surface area (Å²) in [6, 6.07) is 4.66. The minimum Gasteiger partial charge on any atom is -0.305 e. The van der Waals surface area contributed by atoms with Crippen LogP contribution in [0.25, 0.3) is 0 Å². The van der Waals surface area contributed by atoms with E-state index in [0.29, 0.717) is 6.04 Å². The van der Waals surface area contributed by atoms with Crippen LogP contribution in [-0.4, -0.2) is 9.78 Å². The van der Waals surface area contributed by atoms with Crippen molar-refractivity contribution in [3.63, 3.8) is 0 Å². The molecule has 2 heterocycles. The highest BCUT2D eigenvalue weighted by molar-refractivity contribution is 7.10. The lowest BCUT2D eigenvalue weighted by Crippen LogP contribution is -2.16. The minimum atomic E-state index is 0.407. The van der Waals surface area contributed by atoms with Crippen molar-refractivity contribution in [3.8, 4) is 0 Å². The zero-order valence-corrected chi connectivity index (χ0v) is 10.5. The molecule has 4 heteroatoms. The van der Waals surface area contributed by atoms with E-state index in [4.69, 9.17) is 0 Å². The number of nitrogens with zero attached hydrogens (tertiary/aromatic N) is 2. The van der Waals surface area contributed by atoms with Crippen molar-refractivity contribution in [2.75, 3.05) is 0 Å². The first-order valence-electron chi connectivity index (χ1n) is 5.57.